The van der Waals surface area contributed by atoms with E-state index in [9.17, 15) is 0 Å². The van der Waals surface area contributed by atoms with Gasteiger partial charge >= 0.3 is 0 Å². The van der Waals surface area contributed by atoms with Crippen molar-refractivity contribution in [3.05, 3.63) is 21.2 Å². The fourth-order valence-electron chi connectivity index (χ4n) is 2.22. The van der Waals surface area contributed by atoms with Crippen molar-refractivity contribution in [1.29, 1.82) is 0 Å². The van der Waals surface area contributed by atoms with Crippen LogP contribution in [0.3, 0.4) is 0 Å². The monoisotopic (exact) mass is 377 g/mol. The normalized spacial score (nSPS) is 23.2. The molecule has 1 saturated heterocycles. The molecule has 0 aliphatic carbocycles. The van der Waals surface area contributed by atoms with Gasteiger partial charge in [-0.2, -0.15) is 0 Å². The van der Waals surface area contributed by atoms with Gasteiger partial charge in [0.25, 0.3) is 0 Å². The van der Waals surface area contributed by atoms with Crippen LogP contribution >= 0.6 is 31.9 Å². The first-order valence-electron chi connectivity index (χ1n) is 5.85. The van der Waals surface area contributed by atoms with Gasteiger partial charge in [-0.3, -0.25) is 0 Å². The Kier molecular flexibility index (Phi) is 4.31. The number of halogens is 2. The van der Waals surface area contributed by atoms with Gasteiger partial charge < -0.3 is 15.4 Å². The lowest BCUT2D eigenvalue weighted by molar-refractivity contribution is -0.0790. The Hall–Kier alpha value is -0.170. The molecule has 2 heterocycles. The van der Waals surface area contributed by atoms with Crippen LogP contribution in [0.25, 0.3) is 0 Å². The van der Waals surface area contributed by atoms with Crippen molar-refractivity contribution in [2.45, 2.75) is 25.6 Å². The van der Waals surface area contributed by atoms with Crippen LogP contribution in [0, 0.1) is 0 Å². The topological polar surface area (TPSA) is 51.4 Å². The van der Waals surface area contributed by atoms with Crippen molar-refractivity contribution in [2.24, 2.45) is 5.73 Å². The summed E-state index contributed by atoms with van der Waals surface area (Å²) in [5, 5.41) is 0. The molecule has 0 spiro atoms. The highest BCUT2D eigenvalue weighted by molar-refractivity contribution is 9.11. The molecule has 1 unspecified atom stereocenters. The van der Waals surface area contributed by atoms with Gasteiger partial charge in [-0.15, -0.1) is 0 Å². The van der Waals surface area contributed by atoms with Gasteiger partial charge in [0.2, 0.25) is 0 Å². The molecule has 1 aromatic heterocycles. The van der Waals surface area contributed by atoms with E-state index in [4.69, 9.17) is 10.5 Å². The van der Waals surface area contributed by atoms with Gasteiger partial charge in [-0.05, 0) is 51.8 Å². The molecule has 1 aliphatic rings. The molecule has 2 rings (SSSR count). The largest absolute Gasteiger partial charge is 0.367 e. The number of nitrogens with zero attached hydrogens (tertiary/aromatic N) is 2. The predicted octanol–water partition coefficient (Wildman–Crippen LogP) is 2.55. The number of rotatable bonds is 2. The molecule has 0 aromatic carbocycles. The number of nitrogens with two attached hydrogens (primary N) is 1. The third kappa shape index (κ3) is 3.23. The summed E-state index contributed by atoms with van der Waals surface area (Å²) in [7, 11) is 0. The smallest absolute Gasteiger partial charge is 0.143 e. The first kappa shape index (κ1) is 14.2. The molecule has 18 heavy (non-hydrogen) atoms. The summed E-state index contributed by atoms with van der Waals surface area (Å²) in [5.74, 6) is 0.938. The van der Waals surface area contributed by atoms with E-state index in [1.54, 1.807) is 6.20 Å². The molecule has 1 aliphatic heterocycles. The van der Waals surface area contributed by atoms with Gasteiger partial charge in [0.1, 0.15) is 5.82 Å². The highest BCUT2D eigenvalue weighted by atomic mass is 79.9. The first-order valence-corrected chi connectivity index (χ1v) is 7.44. The van der Waals surface area contributed by atoms with Crippen molar-refractivity contribution in [3.8, 4) is 0 Å². The Labute approximate surface area is 124 Å². The van der Waals surface area contributed by atoms with Gasteiger partial charge in [-0.1, -0.05) is 0 Å². The third-order valence-corrected chi connectivity index (χ3v) is 3.85. The van der Waals surface area contributed by atoms with E-state index in [2.05, 4.69) is 55.6 Å². The average Bonchev–Trinajstić information content (AvgIpc) is 2.26. The highest BCUT2D eigenvalue weighted by Gasteiger charge is 2.33. The van der Waals surface area contributed by atoms with Gasteiger partial charge in [0, 0.05) is 30.3 Å². The van der Waals surface area contributed by atoms with Crippen LogP contribution in [0.2, 0.25) is 0 Å². The van der Waals surface area contributed by atoms with E-state index in [1.807, 2.05) is 6.07 Å². The summed E-state index contributed by atoms with van der Waals surface area (Å²) < 4.78 is 7.86. The van der Waals surface area contributed by atoms with E-state index in [1.165, 1.54) is 0 Å². The Bertz CT molecular complexity index is 439. The van der Waals surface area contributed by atoms with E-state index >= 15 is 0 Å². The van der Waals surface area contributed by atoms with Gasteiger partial charge in [0.05, 0.1) is 16.2 Å². The van der Waals surface area contributed by atoms with Gasteiger partial charge in [0.15, 0.2) is 0 Å². The molecule has 0 bridgehead atoms. The van der Waals surface area contributed by atoms with Crippen LogP contribution in [0.4, 0.5) is 5.82 Å². The van der Waals surface area contributed by atoms with Crippen molar-refractivity contribution in [1.82, 2.24) is 4.98 Å². The van der Waals surface area contributed by atoms with E-state index < -0.39 is 0 Å². The van der Waals surface area contributed by atoms with Crippen molar-refractivity contribution < 1.29 is 4.74 Å². The molecule has 100 valence electrons. The molecular formula is C12H17Br2N3O. The molecule has 4 nitrogen and oxygen atoms in total. The van der Waals surface area contributed by atoms with Crippen molar-refractivity contribution in [2.75, 3.05) is 24.5 Å². The molecule has 6 heteroatoms. The zero-order valence-corrected chi connectivity index (χ0v) is 13.7. The van der Waals surface area contributed by atoms with E-state index in [0.29, 0.717) is 6.54 Å². The van der Waals surface area contributed by atoms with Crippen molar-refractivity contribution >= 4 is 37.7 Å². The van der Waals surface area contributed by atoms with E-state index in [0.717, 1.165) is 27.9 Å². The quantitative estimate of drug-likeness (QED) is 0.859. The second kappa shape index (κ2) is 5.45. The molecule has 1 fully saturated rings. The summed E-state index contributed by atoms with van der Waals surface area (Å²) in [5.41, 5.74) is 5.52. The van der Waals surface area contributed by atoms with Crippen LogP contribution in [-0.2, 0) is 4.74 Å². The standard InChI is InChI=1S/C12H17Br2N3O/c1-12(2)7-17(6-9(4-15)18-12)11-10(14)3-8(13)5-16-11/h3,5,9H,4,6-7,15H2,1-2H3. The number of anilines is 1. The summed E-state index contributed by atoms with van der Waals surface area (Å²) in [6, 6.07) is 2.00. The molecule has 1 aromatic rings. The maximum Gasteiger partial charge on any atom is 0.143 e. The SMILES string of the molecule is CC1(C)CN(c2ncc(Br)cc2Br)CC(CN)O1. The molecule has 0 saturated carbocycles. The molecular weight excluding hydrogens is 362 g/mol. The zero-order chi connectivity index (χ0) is 13.3. The minimum Gasteiger partial charge on any atom is -0.367 e. The van der Waals surface area contributed by atoms with Gasteiger partial charge in [-0.25, -0.2) is 4.98 Å². The van der Waals surface area contributed by atoms with Crippen LogP contribution in [0.1, 0.15) is 13.8 Å². The zero-order valence-electron chi connectivity index (χ0n) is 10.5. The summed E-state index contributed by atoms with van der Waals surface area (Å²) >= 11 is 6.97. The summed E-state index contributed by atoms with van der Waals surface area (Å²) in [4.78, 5) is 6.69. The summed E-state index contributed by atoms with van der Waals surface area (Å²) in [6.07, 6.45) is 1.85. The first-order chi connectivity index (χ1) is 8.41. The third-order valence-electron chi connectivity index (χ3n) is 2.83. The second-order valence-corrected chi connectivity index (χ2v) is 6.84. The fraction of sp³-hybridized carbons (Fsp3) is 0.583. The predicted molar refractivity (Wildman–Crippen MR) is 79.9 cm³/mol. The van der Waals surface area contributed by atoms with Crippen molar-refractivity contribution in [3.63, 3.8) is 0 Å². The summed E-state index contributed by atoms with van der Waals surface area (Å²) in [6.45, 7) is 6.25. The van der Waals surface area contributed by atoms with Crippen LogP contribution < -0.4 is 10.6 Å². The lowest BCUT2D eigenvalue weighted by Crippen LogP contribution is -2.55. The lowest BCUT2D eigenvalue weighted by Gasteiger charge is -2.43. The number of aromatic nitrogens is 1. The minimum absolute atomic E-state index is 0.0473. The number of ether oxygens (including phenoxy) is 1. The Morgan fingerprint density at radius 3 is 2.89 bits per heavy atom. The maximum atomic E-state index is 5.92. The Morgan fingerprint density at radius 1 is 1.56 bits per heavy atom. The number of morpholine rings is 1. The highest BCUT2D eigenvalue weighted by Crippen LogP contribution is 2.31. The van der Waals surface area contributed by atoms with E-state index in [-0.39, 0.29) is 11.7 Å². The number of hydrogen-bond donors (Lipinski definition) is 1. The average molecular weight is 379 g/mol. The molecule has 1 atom stereocenters. The maximum absolute atomic E-state index is 5.92. The Balaban J connectivity index is 2.26. The van der Waals surface area contributed by atoms with Crippen LogP contribution in [0.5, 0.6) is 0 Å². The number of pyridine rings is 1. The number of hydrogen-bond acceptors (Lipinski definition) is 4. The fourth-order valence-corrected chi connectivity index (χ4v) is 3.46. The second-order valence-electron chi connectivity index (χ2n) is 5.07. The van der Waals surface area contributed by atoms with Crippen LogP contribution in [-0.4, -0.2) is 36.3 Å². The lowest BCUT2D eigenvalue weighted by atomic mass is 10.1. The molecule has 2 N–H and O–H groups in total. The minimum atomic E-state index is -0.212. The Morgan fingerprint density at radius 2 is 2.28 bits per heavy atom. The molecule has 0 radical (unpaired) electrons. The molecule has 0 amide bonds. The van der Waals surface area contributed by atoms with Crippen LogP contribution in [0.15, 0.2) is 21.2 Å².